The Labute approximate surface area is 206 Å². The Hall–Kier alpha value is -2.62. The molecule has 0 saturated carbocycles. The molecule has 8 heteroatoms. The van der Waals surface area contributed by atoms with Gasteiger partial charge in [-0.05, 0) is 74.2 Å². The summed E-state index contributed by atoms with van der Waals surface area (Å²) < 4.78 is 20.9. The Morgan fingerprint density at radius 1 is 1.12 bits per heavy atom. The van der Waals surface area contributed by atoms with Gasteiger partial charge in [0.05, 0.1) is 12.3 Å². The number of benzene rings is 2. The van der Waals surface area contributed by atoms with Gasteiger partial charge < -0.3 is 15.4 Å². The van der Waals surface area contributed by atoms with Crippen LogP contribution in [0.4, 0.5) is 10.1 Å². The van der Waals surface area contributed by atoms with E-state index in [4.69, 9.17) is 4.74 Å². The summed E-state index contributed by atoms with van der Waals surface area (Å²) in [5.41, 5.74) is 2.99. The number of hydrogen-bond acceptors (Lipinski definition) is 3. The van der Waals surface area contributed by atoms with Crippen LogP contribution in [0.5, 0.6) is 5.75 Å². The van der Waals surface area contributed by atoms with Gasteiger partial charge in [-0.2, -0.15) is 5.10 Å². The van der Waals surface area contributed by atoms with Gasteiger partial charge in [0.15, 0.2) is 5.96 Å². The van der Waals surface area contributed by atoms with Crippen molar-refractivity contribution in [1.29, 1.82) is 0 Å². The Balaban J connectivity index is 0.00000363. The summed E-state index contributed by atoms with van der Waals surface area (Å²) in [7, 11) is 1.91. The third-order valence-electron chi connectivity index (χ3n) is 4.51. The smallest absolute Gasteiger partial charge is 0.195 e. The molecule has 1 aromatic heterocycles. The molecule has 32 heavy (non-hydrogen) atoms. The van der Waals surface area contributed by atoms with E-state index in [0.717, 1.165) is 29.0 Å². The average molecular weight is 551 g/mol. The average Bonchev–Trinajstić information content (AvgIpc) is 3.14. The highest BCUT2D eigenvalue weighted by atomic mass is 127. The number of nitrogens with one attached hydrogen (secondary N) is 2. The third kappa shape index (κ3) is 8.86. The molecule has 0 radical (unpaired) electrons. The molecule has 0 saturated heterocycles. The molecule has 172 valence electrons. The lowest BCUT2D eigenvalue weighted by molar-refractivity contribution is 0.242. The Bertz CT molecular complexity index is 988. The number of aryl methyl sites for hydroxylation is 1. The van der Waals surface area contributed by atoms with Crippen molar-refractivity contribution in [1.82, 2.24) is 15.1 Å². The number of aromatic nitrogens is 2. The first-order valence-corrected chi connectivity index (χ1v) is 10.5. The Kier molecular flexibility index (Phi) is 10.5. The van der Waals surface area contributed by atoms with E-state index in [2.05, 4.69) is 20.7 Å². The lowest BCUT2D eigenvalue weighted by Crippen LogP contribution is -2.32. The minimum atomic E-state index is -0.224. The first kappa shape index (κ1) is 25.6. The van der Waals surface area contributed by atoms with Crippen LogP contribution in [0.1, 0.15) is 25.0 Å². The topological polar surface area (TPSA) is 63.5 Å². The quantitative estimate of drug-likeness (QED) is 0.228. The van der Waals surface area contributed by atoms with Crippen molar-refractivity contribution in [2.45, 2.75) is 32.8 Å². The summed E-state index contributed by atoms with van der Waals surface area (Å²) in [5, 5.41) is 10.9. The van der Waals surface area contributed by atoms with Crippen molar-refractivity contribution in [3.63, 3.8) is 0 Å². The van der Waals surface area contributed by atoms with Gasteiger partial charge in [-0.25, -0.2) is 4.39 Å². The Morgan fingerprint density at radius 3 is 2.56 bits per heavy atom. The highest BCUT2D eigenvalue weighted by Gasteiger charge is 2.04. The van der Waals surface area contributed by atoms with Gasteiger partial charge in [0.1, 0.15) is 11.6 Å². The largest absolute Gasteiger partial charge is 0.491 e. The third-order valence-corrected chi connectivity index (χ3v) is 4.51. The summed E-state index contributed by atoms with van der Waals surface area (Å²) in [6.45, 7) is 5.26. The zero-order valence-electron chi connectivity index (χ0n) is 18.7. The molecule has 3 aromatic rings. The van der Waals surface area contributed by atoms with Gasteiger partial charge in [-0.3, -0.25) is 9.67 Å². The molecule has 0 bridgehead atoms. The predicted octanol–water partition coefficient (Wildman–Crippen LogP) is 4.81. The van der Waals surface area contributed by atoms with Crippen LogP contribution in [-0.4, -0.2) is 34.9 Å². The molecule has 0 spiro atoms. The van der Waals surface area contributed by atoms with E-state index in [0.29, 0.717) is 25.5 Å². The van der Waals surface area contributed by atoms with Gasteiger partial charge in [-0.15, -0.1) is 24.0 Å². The van der Waals surface area contributed by atoms with Crippen molar-refractivity contribution in [3.8, 4) is 5.75 Å². The minimum absolute atomic E-state index is 0. The summed E-state index contributed by atoms with van der Waals surface area (Å²) in [4.78, 5) is 4.67. The number of halogens is 2. The molecular formula is C24H31FIN5O. The summed E-state index contributed by atoms with van der Waals surface area (Å²) in [5.74, 6) is 1.28. The molecule has 2 aromatic carbocycles. The zero-order valence-corrected chi connectivity index (χ0v) is 21.0. The number of rotatable bonds is 9. The summed E-state index contributed by atoms with van der Waals surface area (Å²) in [6.07, 6.45) is 5.49. The second-order valence-electron chi connectivity index (χ2n) is 7.63. The van der Waals surface area contributed by atoms with Gasteiger partial charge in [0, 0.05) is 32.0 Å². The van der Waals surface area contributed by atoms with E-state index in [1.165, 1.54) is 6.07 Å². The molecule has 0 aliphatic carbocycles. The second-order valence-corrected chi connectivity index (χ2v) is 7.63. The normalized spacial score (nSPS) is 11.2. The SMILES string of the molecule is CC(C)Oc1ccc(NC(=NCCc2cccc(F)c2)NCCc2cnn(C)c2)cc1.I. The fraction of sp³-hybridized carbons (Fsp3) is 0.333. The highest BCUT2D eigenvalue weighted by Crippen LogP contribution is 2.17. The molecule has 0 aliphatic rings. The predicted molar refractivity (Wildman–Crippen MR) is 139 cm³/mol. The molecule has 0 aliphatic heterocycles. The summed E-state index contributed by atoms with van der Waals surface area (Å²) >= 11 is 0. The number of guanidine groups is 1. The van der Waals surface area contributed by atoms with E-state index < -0.39 is 0 Å². The maximum atomic E-state index is 13.4. The highest BCUT2D eigenvalue weighted by molar-refractivity contribution is 14.0. The second kappa shape index (κ2) is 13.0. The number of nitrogens with zero attached hydrogens (tertiary/aromatic N) is 3. The Morgan fingerprint density at radius 2 is 1.91 bits per heavy atom. The maximum absolute atomic E-state index is 13.4. The monoisotopic (exact) mass is 551 g/mol. The molecule has 2 N–H and O–H groups in total. The van der Waals surface area contributed by atoms with Crippen molar-refractivity contribution < 1.29 is 9.13 Å². The molecule has 0 unspecified atom stereocenters. The number of aliphatic imine (C=N–C) groups is 1. The van der Waals surface area contributed by atoms with Crippen molar-refractivity contribution in [2.24, 2.45) is 12.0 Å². The maximum Gasteiger partial charge on any atom is 0.195 e. The molecular weight excluding hydrogens is 520 g/mol. The minimum Gasteiger partial charge on any atom is -0.491 e. The fourth-order valence-corrected chi connectivity index (χ4v) is 3.08. The van der Waals surface area contributed by atoms with Gasteiger partial charge in [0.2, 0.25) is 0 Å². The molecule has 6 nitrogen and oxygen atoms in total. The number of ether oxygens (including phenoxy) is 1. The lowest BCUT2D eigenvalue weighted by Gasteiger charge is -2.14. The van der Waals surface area contributed by atoms with E-state index >= 15 is 0 Å². The first-order chi connectivity index (χ1) is 15.0. The first-order valence-electron chi connectivity index (χ1n) is 10.5. The number of anilines is 1. The van der Waals surface area contributed by atoms with Crippen molar-refractivity contribution in [2.75, 3.05) is 18.4 Å². The van der Waals surface area contributed by atoms with Crippen LogP contribution in [0.3, 0.4) is 0 Å². The van der Waals surface area contributed by atoms with E-state index in [-0.39, 0.29) is 35.9 Å². The van der Waals surface area contributed by atoms with Gasteiger partial charge in [-0.1, -0.05) is 12.1 Å². The van der Waals surface area contributed by atoms with Crippen LogP contribution in [0, 0.1) is 5.82 Å². The lowest BCUT2D eigenvalue weighted by atomic mass is 10.1. The van der Waals surface area contributed by atoms with Crippen molar-refractivity contribution in [3.05, 3.63) is 77.9 Å². The van der Waals surface area contributed by atoms with E-state index in [1.54, 1.807) is 16.8 Å². The molecule has 0 fully saturated rings. The van der Waals surface area contributed by atoms with Crippen molar-refractivity contribution >= 4 is 35.6 Å². The standard InChI is InChI=1S/C24H30FN5O.HI/c1-18(2)31-23-9-7-22(8-10-23)29-24(27-14-12-20-16-28-30(3)17-20)26-13-11-19-5-4-6-21(25)15-19;/h4-10,15-18H,11-14H2,1-3H3,(H2,26,27,29);1H. The van der Waals surface area contributed by atoms with Crippen LogP contribution in [0.25, 0.3) is 0 Å². The zero-order chi connectivity index (χ0) is 22.1. The van der Waals surface area contributed by atoms with Crippen LogP contribution in [0.15, 0.2) is 65.9 Å². The fourth-order valence-electron chi connectivity index (χ4n) is 3.08. The number of hydrogen-bond donors (Lipinski definition) is 2. The van der Waals surface area contributed by atoms with Crippen LogP contribution in [-0.2, 0) is 19.9 Å². The van der Waals surface area contributed by atoms with Crippen LogP contribution >= 0.6 is 24.0 Å². The van der Waals surface area contributed by atoms with Gasteiger partial charge >= 0.3 is 0 Å². The van der Waals surface area contributed by atoms with Gasteiger partial charge in [0.25, 0.3) is 0 Å². The molecule has 1 heterocycles. The molecule has 0 atom stereocenters. The van der Waals surface area contributed by atoms with Crippen LogP contribution in [0.2, 0.25) is 0 Å². The van der Waals surface area contributed by atoms with E-state index in [1.807, 2.05) is 63.6 Å². The van der Waals surface area contributed by atoms with Crippen LogP contribution < -0.4 is 15.4 Å². The van der Waals surface area contributed by atoms with E-state index in [9.17, 15) is 4.39 Å². The molecule has 0 amide bonds. The molecule has 3 rings (SSSR count). The summed E-state index contributed by atoms with van der Waals surface area (Å²) in [6, 6.07) is 14.4.